The van der Waals surface area contributed by atoms with E-state index in [1.807, 2.05) is 0 Å². The number of hydrogen-bond acceptors (Lipinski definition) is 2. The van der Waals surface area contributed by atoms with Crippen molar-refractivity contribution in [2.75, 3.05) is 0 Å². The molecule has 0 heterocycles. The van der Waals surface area contributed by atoms with E-state index in [4.69, 9.17) is 23.2 Å². The molecule has 0 amide bonds. The Morgan fingerprint density at radius 3 is 2.24 bits per heavy atom. The van der Waals surface area contributed by atoms with Crippen LogP contribution in [0.3, 0.4) is 0 Å². The Bertz CT molecular complexity index is 460. The normalized spacial score (nSPS) is 11.9. The fourth-order valence-corrected chi connectivity index (χ4v) is 1.99. The summed E-state index contributed by atoms with van der Waals surface area (Å²) in [5.41, 5.74) is -2.15. The molecule has 0 radical (unpaired) electrons. The van der Waals surface area contributed by atoms with E-state index in [1.54, 1.807) is 0 Å². The number of non-ortho nitro benzene ring substituents is 1. The molecule has 0 aliphatic rings. The fourth-order valence-electron chi connectivity index (χ4n) is 1.41. The average Bonchev–Trinajstić information content (AvgIpc) is 2.14. The quantitative estimate of drug-likeness (QED) is 0.460. The first-order chi connectivity index (χ1) is 7.64. The van der Waals surface area contributed by atoms with E-state index in [0.717, 1.165) is 6.07 Å². The molecule has 1 rings (SSSR count). The highest BCUT2D eigenvalue weighted by Crippen LogP contribution is 2.41. The first kappa shape index (κ1) is 14.1. The molecule has 0 aliphatic heterocycles. The summed E-state index contributed by atoms with van der Waals surface area (Å²) in [6, 6.07) is 1.43. The second-order valence-corrected chi connectivity index (χ2v) is 4.38. The van der Waals surface area contributed by atoms with Crippen LogP contribution in [0.2, 0.25) is 0 Å². The molecule has 1 aromatic carbocycles. The van der Waals surface area contributed by atoms with Crippen LogP contribution >= 0.6 is 23.2 Å². The van der Waals surface area contributed by atoms with Gasteiger partial charge >= 0.3 is 6.18 Å². The maximum Gasteiger partial charge on any atom is 0.417 e. The van der Waals surface area contributed by atoms with Crippen molar-refractivity contribution in [1.82, 2.24) is 0 Å². The molecular weight excluding hydrogens is 282 g/mol. The first-order valence-corrected chi connectivity index (χ1v) is 5.16. The number of alkyl halides is 5. The molecule has 1 aromatic rings. The molecule has 0 fully saturated rings. The van der Waals surface area contributed by atoms with Crippen molar-refractivity contribution in [2.45, 2.75) is 17.9 Å². The molecule has 0 saturated carbocycles. The third kappa shape index (κ3) is 3.01. The molecule has 0 spiro atoms. The van der Waals surface area contributed by atoms with Gasteiger partial charge in [0.1, 0.15) is 4.84 Å². The number of nitrogens with zero attached hydrogens (tertiary/aromatic N) is 1. The van der Waals surface area contributed by atoms with E-state index in [0.29, 0.717) is 6.07 Å². The molecule has 94 valence electrons. The lowest BCUT2D eigenvalue weighted by Crippen LogP contribution is -2.11. The molecule has 0 bridgehead atoms. The number of nitro groups is 1. The second kappa shape index (κ2) is 4.70. The fraction of sp³-hybridized carbons (Fsp3) is 0.333. The van der Waals surface area contributed by atoms with E-state index < -0.39 is 27.2 Å². The SMILES string of the molecule is Cc1cc([N+](=O)[O-])cc(C(F)(F)F)c1C(Cl)Cl. The molecular formula is C9H6Cl2F3NO2. The Morgan fingerprint density at radius 2 is 1.88 bits per heavy atom. The van der Waals surface area contributed by atoms with Gasteiger partial charge in [0.05, 0.1) is 10.5 Å². The average molecular weight is 288 g/mol. The second-order valence-electron chi connectivity index (χ2n) is 3.28. The monoisotopic (exact) mass is 287 g/mol. The maximum atomic E-state index is 12.7. The van der Waals surface area contributed by atoms with Crippen molar-refractivity contribution in [2.24, 2.45) is 0 Å². The zero-order valence-corrected chi connectivity index (χ0v) is 9.90. The summed E-state index contributed by atoms with van der Waals surface area (Å²) in [6.45, 7) is 1.29. The highest BCUT2D eigenvalue weighted by Gasteiger charge is 2.37. The summed E-state index contributed by atoms with van der Waals surface area (Å²) in [4.78, 5) is 8.19. The van der Waals surface area contributed by atoms with Crippen molar-refractivity contribution < 1.29 is 18.1 Å². The Labute approximate surface area is 104 Å². The van der Waals surface area contributed by atoms with Gasteiger partial charge in [0.2, 0.25) is 0 Å². The lowest BCUT2D eigenvalue weighted by atomic mass is 10.0. The van der Waals surface area contributed by atoms with Crippen LogP contribution in [0, 0.1) is 17.0 Å². The van der Waals surface area contributed by atoms with Gasteiger partial charge in [0.15, 0.2) is 0 Å². The van der Waals surface area contributed by atoms with Crippen LogP contribution in [0.15, 0.2) is 12.1 Å². The molecule has 0 aromatic heterocycles. The van der Waals surface area contributed by atoms with Gasteiger partial charge in [-0.15, -0.1) is 23.2 Å². The molecule has 17 heavy (non-hydrogen) atoms. The number of nitro benzene ring substituents is 1. The summed E-state index contributed by atoms with van der Waals surface area (Å²) in [5.74, 6) is 0. The van der Waals surface area contributed by atoms with Gasteiger partial charge in [-0.05, 0) is 12.5 Å². The predicted octanol–water partition coefficient (Wildman–Crippen LogP) is 4.40. The van der Waals surface area contributed by atoms with Crippen LogP contribution in [0.1, 0.15) is 21.5 Å². The number of halogens is 5. The zero-order chi connectivity index (χ0) is 13.4. The first-order valence-electron chi connectivity index (χ1n) is 4.29. The zero-order valence-electron chi connectivity index (χ0n) is 8.39. The largest absolute Gasteiger partial charge is 0.417 e. The summed E-state index contributed by atoms with van der Waals surface area (Å²) < 4.78 is 38.1. The minimum Gasteiger partial charge on any atom is -0.258 e. The van der Waals surface area contributed by atoms with Crippen molar-refractivity contribution >= 4 is 28.9 Å². The lowest BCUT2D eigenvalue weighted by Gasteiger charge is -2.15. The maximum absolute atomic E-state index is 12.7. The van der Waals surface area contributed by atoms with Gasteiger partial charge in [0, 0.05) is 17.7 Å². The van der Waals surface area contributed by atoms with Gasteiger partial charge in [-0.1, -0.05) is 0 Å². The van der Waals surface area contributed by atoms with E-state index in [2.05, 4.69) is 0 Å². The molecule has 0 saturated heterocycles. The van der Waals surface area contributed by atoms with E-state index in [-0.39, 0.29) is 11.1 Å². The van der Waals surface area contributed by atoms with Crippen LogP contribution < -0.4 is 0 Å². The molecule has 0 atom stereocenters. The smallest absolute Gasteiger partial charge is 0.258 e. The molecule has 3 nitrogen and oxygen atoms in total. The van der Waals surface area contributed by atoms with Crippen LogP contribution in [0.25, 0.3) is 0 Å². The number of rotatable bonds is 2. The minimum atomic E-state index is -4.74. The van der Waals surface area contributed by atoms with E-state index in [1.165, 1.54) is 6.92 Å². The third-order valence-corrected chi connectivity index (χ3v) is 2.54. The van der Waals surface area contributed by atoms with Crippen LogP contribution in [0.5, 0.6) is 0 Å². The van der Waals surface area contributed by atoms with Crippen LogP contribution in [0.4, 0.5) is 18.9 Å². The summed E-state index contributed by atoms with van der Waals surface area (Å²) in [7, 11) is 0. The Hall–Kier alpha value is -1.01. The Kier molecular flexibility index (Phi) is 3.88. The van der Waals surface area contributed by atoms with Crippen LogP contribution in [-0.4, -0.2) is 4.92 Å². The number of benzene rings is 1. The summed E-state index contributed by atoms with van der Waals surface area (Å²) in [6.07, 6.45) is -4.74. The van der Waals surface area contributed by atoms with Gasteiger partial charge in [-0.25, -0.2) is 0 Å². The molecule has 8 heteroatoms. The minimum absolute atomic E-state index is 0.0292. The van der Waals surface area contributed by atoms with Crippen molar-refractivity contribution in [3.63, 3.8) is 0 Å². The molecule has 0 N–H and O–H groups in total. The summed E-state index contributed by atoms with van der Waals surface area (Å²) >= 11 is 10.9. The topological polar surface area (TPSA) is 43.1 Å². The van der Waals surface area contributed by atoms with Gasteiger partial charge < -0.3 is 0 Å². The Morgan fingerprint density at radius 1 is 1.35 bits per heavy atom. The Balaban J connectivity index is 3.57. The summed E-state index contributed by atoms with van der Waals surface area (Å²) in [5, 5.41) is 10.5. The standard InChI is InChI=1S/C9H6Cl2F3NO2/c1-4-2-5(15(16)17)3-6(9(12,13)14)7(4)8(10)11/h2-3,8H,1H3. The van der Waals surface area contributed by atoms with Crippen molar-refractivity contribution in [3.05, 3.63) is 38.9 Å². The number of aryl methyl sites for hydroxylation is 1. The molecule has 0 unspecified atom stereocenters. The predicted molar refractivity (Wildman–Crippen MR) is 57.3 cm³/mol. The van der Waals surface area contributed by atoms with Crippen LogP contribution in [-0.2, 0) is 6.18 Å². The highest BCUT2D eigenvalue weighted by atomic mass is 35.5. The third-order valence-electron chi connectivity index (χ3n) is 2.11. The molecule has 0 aliphatic carbocycles. The van der Waals surface area contributed by atoms with Gasteiger partial charge in [-0.2, -0.15) is 13.2 Å². The highest BCUT2D eigenvalue weighted by molar-refractivity contribution is 6.44. The number of hydrogen-bond donors (Lipinski definition) is 0. The van der Waals surface area contributed by atoms with Crippen molar-refractivity contribution in [1.29, 1.82) is 0 Å². The van der Waals surface area contributed by atoms with Gasteiger partial charge in [-0.3, -0.25) is 10.1 Å². The van der Waals surface area contributed by atoms with Crippen molar-refractivity contribution in [3.8, 4) is 0 Å². The van der Waals surface area contributed by atoms with E-state index in [9.17, 15) is 23.3 Å². The van der Waals surface area contributed by atoms with Gasteiger partial charge in [0.25, 0.3) is 5.69 Å². The lowest BCUT2D eigenvalue weighted by molar-refractivity contribution is -0.385. The van der Waals surface area contributed by atoms with E-state index >= 15 is 0 Å².